The van der Waals surface area contributed by atoms with Gasteiger partial charge in [-0.15, -0.1) is 9.46 Å². The highest BCUT2D eigenvalue weighted by Gasteiger charge is 2.23. The molecule has 4 aromatic heterocycles. The average Bonchev–Trinajstić information content (AvgIpc) is 3.26. The van der Waals surface area contributed by atoms with Gasteiger partial charge in [-0.25, -0.2) is 19.9 Å². The summed E-state index contributed by atoms with van der Waals surface area (Å²) in [6, 6.07) is 33.2. The summed E-state index contributed by atoms with van der Waals surface area (Å²) in [6.45, 7) is 0.481. The van der Waals surface area contributed by atoms with E-state index in [-0.39, 0.29) is 41.1 Å². The van der Waals surface area contributed by atoms with Crippen LogP contribution in [-0.4, -0.2) is 53.9 Å². The van der Waals surface area contributed by atoms with Crippen LogP contribution in [0.15, 0.2) is 144 Å². The lowest BCUT2D eigenvalue weighted by molar-refractivity contribution is 0.0978. The summed E-state index contributed by atoms with van der Waals surface area (Å²) in [6.07, 6.45) is 5.54. The molecule has 0 atom stereocenters. The molecule has 0 saturated heterocycles. The van der Waals surface area contributed by atoms with Gasteiger partial charge < -0.3 is 29.4 Å². The maximum Gasteiger partial charge on any atom is 0.296 e. The van der Waals surface area contributed by atoms with E-state index in [1.165, 1.54) is 30.7 Å². The number of aromatic nitrogens is 6. The molecule has 0 fully saturated rings. The van der Waals surface area contributed by atoms with Gasteiger partial charge in [-0.05, 0) is 46.5 Å². The van der Waals surface area contributed by atoms with Gasteiger partial charge in [0.25, 0.3) is 11.1 Å². The first-order valence-electron chi connectivity index (χ1n) is 17.2. The van der Waals surface area contributed by atoms with Gasteiger partial charge in [0.2, 0.25) is 0 Å². The zero-order chi connectivity index (χ0) is 39.0. The number of rotatable bonds is 10. The van der Waals surface area contributed by atoms with Crippen LogP contribution in [-0.2, 0) is 13.2 Å². The number of hydrogen-bond acceptors (Lipinski definition) is 12. The first-order chi connectivity index (χ1) is 27.4. The summed E-state index contributed by atoms with van der Waals surface area (Å²) in [4.78, 5) is 48.2. The van der Waals surface area contributed by atoms with Gasteiger partial charge in [-0.2, -0.15) is 0 Å². The number of methoxy groups -OCH3 is 2. The van der Waals surface area contributed by atoms with Gasteiger partial charge >= 0.3 is 0 Å². The first-order valence-corrected chi connectivity index (χ1v) is 17.2. The molecule has 8 aromatic rings. The fourth-order valence-corrected chi connectivity index (χ4v) is 5.91. The van der Waals surface area contributed by atoms with E-state index in [9.17, 15) is 19.9 Å². The van der Waals surface area contributed by atoms with Crippen molar-refractivity contribution in [1.29, 1.82) is 0 Å². The molecule has 280 valence electrons. The molecule has 0 spiro atoms. The molecule has 0 amide bonds. The number of benzene rings is 4. The second-order valence-electron chi connectivity index (χ2n) is 12.2. The van der Waals surface area contributed by atoms with Crippen molar-refractivity contribution in [3.05, 3.63) is 166 Å². The molecule has 0 saturated carbocycles. The number of fused-ring (bicyclic) bond motifs is 2. The van der Waals surface area contributed by atoms with Crippen LogP contribution in [0.4, 0.5) is 0 Å². The molecule has 0 aliphatic heterocycles. The quantitative estimate of drug-likeness (QED) is 0.154. The fraction of sp³-hybridized carbons (Fsp3) is 0.0952. The Kier molecular flexibility index (Phi) is 10.8. The minimum Gasteiger partial charge on any atom is -0.506 e. The zero-order valence-corrected chi connectivity index (χ0v) is 30.1. The zero-order valence-electron chi connectivity index (χ0n) is 30.1. The maximum absolute atomic E-state index is 13.9. The van der Waals surface area contributed by atoms with E-state index in [1.54, 1.807) is 49.7 Å². The standard InChI is InChI=1S/C28H23N3O4.C14H11N3O4/c1-33-23-14-12-22(13-15-23)25-26(34-17-20-8-4-2-5-9-20)24-16-29-19-30-27(24)31(28(25)32)35-18-21-10-6-3-7-11-21;1-21-9-4-2-8(3-5-9)11-12(18)10-6-15-7-16-13(10)17(20)14(11)19/h2-16,19H,17-18H2,1H3;2-7,18,20H,1H3. The molecule has 14 nitrogen and oxygen atoms in total. The Morgan fingerprint density at radius 3 is 1.70 bits per heavy atom. The summed E-state index contributed by atoms with van der Waals surface area (Å²) in [5.41, 5.74) is 2.50. The van der Waals surface area contributed by atoms with Crippen molar-refractivity contribution in [2.24, 2.45) is 0 Å². The van der Waals surface area contributed by atoms with Crippen molar-refractivity contribution in [3.63, 3.8) is 0 Å². The van der Waals surface area contributed by atoms with Crippen LogP contribution < -0.4 is 30.2 Å². The smallest absolute Gasteiger partial charge is 0.296 e. The number of aromatic hydroxyl groups is 1. The van der Waals surface area contributed by atoms with Crippen LogP contribution in [0.3, 0.4) is 0 Å². The molecular formula is C42H34N6O8. The summed E-state index contributed by atoms with van der Waals surface area (Å²) in [7, 11) is 3.13. The van der Waals surface area contributed by atoms with Gasteiger partial charge in [0, 0.05) is 12.4 Å². The van der Waals surface area contributed by atoms with Gasteiger partial charge in [0.05, 0.1) is 36.1 Å². The third-order valence-electron chi connectivity index (χ3n) is 8.73. The van der Waals surface area contributed by atoms with Crippen LogP contribution >= 0.6 is 0 Å². The SMILES string of the molecule is COc1ccc(-c2c(O)c3cncnc3n(O)c2=O)cc1.COc1ccc(-c2c(OCc3ccccc3)c3cncnc3n(OCc3ccccc3)c2=O)cc1. The third-order valence-corrected chi connectivity index (χ3v) is 8.73. The Morgan fingerprint density at radius 1 is 0.607 bits per heavy atom. The Morgan fingerprint density at radius 2 is 1.12 bits per heavy atom. The molecule has 0 aliphatic carbocycles. The first kappa shape index (κ1) is 36.6. The summed E-state index contributed by atoms with van der Waals surface area (Å²) in [5, 5.41) is 21.0. The number of hydrogen-bond donors (Lipinski definition) is 2. The van der Waals surface area contributed by atoms with Crippen molar-refractivity contribution < 1.29 is 29.4 Å². The lowest BCUT2D eigenvalue weighted by Gasteiger charge is -2.18. The van der Waals surface area contributed by atoms with Crippen molar-refractivity contribution in [3.8, 4) is 45.3 Å². The van der Waals surface area contributed by atoms with E-state index in [1.807, 2.05) is 72.8 Å². The van der Waals surface area contributed by atoms with Crippen LogP contribution in [0.1, 0.15) is 11.1 Å². The van der Waals surface area contributed by atoms with E-state index < -0.39 is 5.56 Å². The van der Waals surface area contributed by atoms with Gasteiger partial charge in [0.1, 0.15) is 48.9 Å². The maximum atomic E-state index is 13.9. The van der Waals surface area contributed by atoms with Crippen molar-refractivity contribution in [2.75, 3.05) is 14.2 Å². The fourth-order valence-electron chi connectivity index (χ4n) is 5.91. The van der Waals surface area contributed by atoms with E-state index in [0.29, 0.717) is 49.7 Å². The Labute approximate surface area is 319 Å². The summed E-state index contributed by atoms with van der Waals surface area (Å²) < 4.78 is 18.2. The summed E-state index contributed by atoms with van der Waals surface area (Å²) >= 11 is 0. The Bertz CT molecular complexity index is 2720. The molecule has 4 aromatic carbocycles. The van der Waals surface area contributed by atoms with E-state index >= 15 is 0 Å². The summed E-state index contributed by atoms with van der Waals surface area (Å²) in [5.74, 6) is 1.43. The van der Waals surface area contributed by atoms with Crippen LogP contribution in [0.2, 0.25) is 0 Å². The highest BCUT2D eigenvalue weighted by Crippen LogP contribution is 2.35. The number of nitrogens with zero attached hydrogens (tertiary/aromatic N) is 6. The Hall–Kier alpha value is -7.74. The second kappa shape index (κ2) is 16.5. The van der Waals surface area contributed by atoms with Crippen LogP contribution in [0.5, 0.6) is 23.0 Å². The monoisotopic (exact) mass is 750 g/mol. The number of ether oxygens (including phenoxy) is 3. The molecule has 8 rings (SSSR count). The highest BCUT2D eigenvalue weighted by molar-refractivity contribution is 5.90. The predicted octanol–water partition coefficient (Wildman–Crippen LogP) is 6.08. The molecule has 0 radical (unpaired) electrons. The average molecular weight is 751 g/mol. The molecule has 2 N–H and O–H groups in total. The van der Waals surface area contributed by atoms with Crippen molar-refractivity contribution in [2.45, 2.75) is 13.2 Å². The normalized spacial score (nSPS) is 10.8. The lowest BCUT2D eigenvalue weighted by Crippen LogP contribution is -2.29. The van der Waals surface area contributed by atoms with Crippen molar-refractivity contribution >= 4 is 22.1 Å². The molecule has 56 heavy (non-hydrogen) atoms. The van der Waals surface area contributed by atoms with E-state index in [2.05, 4.69) is 19.9 Å². The molecular weight excluding hydrogens is 716 g/mol. The van der Waals surface area contributed by atoms with Gasteiger partial charge in [0.15, 0.2) is 11.3 Å². The molecule has 14 heteroatoms. The van der Waals surface area contributed by atoms with Gasteiger partial charge in [-0.1, -0.05) is 84.9 Å². The molecule has 0 aliphatic rings. The minimum absolute atomic E-state index is 0.0255. The predicted molar refractivity (Wildman–Crippen MR) is 208 cm³/mol. The second-order valence-corrected chi connectivity index (χ2v) is 12.2. The molecule has 0 bridgehead atoms. The van der Waals surface area contributed by atoms with Crippen molar-refractivity contribution in [1.82, 2.24) is 29.4 Å². The van der Waals surface area contributed by atoms with Crippen LogP contribution in [0.25, 0.3) is 44.3 Å². The van der Waals surface area contributed by atoms with Gasteiger partial charge in [-0.3, -0.25) is 9.59 Å². The Balaban J connectivity index is 0.000000195. The van der Waals surface area contributed by atoms with E-state index in [0.717, 1.165) is 11.1 Å². The molecule has 0 unspecified atom stereocenters. The van der Waals surface area contributed by atoms with Crippen LogP contribution in [0, 0.1) is 0 Å². The number of pyridine rings is 2. The topological polar surface area (TPSA) is 173 Å². The van der Waals surface area contributed by atoms with E-state index in [4.69, 9.17) is 19.0 Å². The highest BCUT2D eigenvalue weighted by atomic mass is 16.7. The molecule has 4 heterocycles. The third kappa shape index (κ3) is 7.52. The largest absolute Gasteiger partial charge is 0.506 e. The minimum atomic E-state index is -0.760. The lowest BCUT2D eigenvalue weighted by atomic mass is 10.0.